The Morgan fingerprint density at radius 3 is 3.13 bits per heavy atom. The minimum absolute atomic E-state index is 0.647. The molecular formula is C10H12N2O2S. The van der Waals surface area contributed by atoms with Crippen LogP contribution >= 0.6 is 11.3 Å². The largest absolute Gasteiger partial charge is 0.496 e. The van der Waals surface area contributed by atoms with E-state index in [1.165, 1.54) is 0 Å². The van der Waals surface area contributed by atoms with Crippen LogP contribution < -0.4 is 10.1 Å². The molecule has 4 nitrogen and oxygen atoms in total. The van der Waals surface area contributed by atoms with E-state index in [4.69, 9.17) is 9.15 Å². The highest BCUT2D eigenvalue weighted by atomic mass is 32.1. The zero-order chi connectivity index (χ0) is 10.7. The molecule has 0 aliphatic heterocycles. The number of aromatic nitrogens is 1. The molecule has 5 heteroatoms. The average molecular weight is 224 g/mol. The third-order valence-electron chi connectivity index (χ3n) is 1.93. The maximum Gasteiger partial charge on any atom is 0.236 e. The van der Waals surface area contributed by atoms with E-state index in [-0.39, 0.29) is 0 Å². The van der Waals surface area contributed by atoms with Crippen LogP contribution in [0.5, 0.6) is 5.75 Å². The van der Waals surface area contributed by atoms with Crippen molar-refractivity contribution in [3.05, 3.63) is 23.4 Å². The molecule has 0 bridgehead atoms. The van der Waals surface area contributed by atoms with E-state index in [1.54, 1.807) is 24.7 Å². The normalized spacial score (nSPS) is 10.5. The van der Waals surface area contributed by atoms with Gasteiger partial charge in [-0.3, -0.25) is 0 Å². The minimum atomic E-state index is 0.647. The molecule has 0 aliphatic rings. The summed E-state index contributed by atoms with van der Waals surface area (Å²) in [5, 5.41) is 4.95. The van der Waals surface area contributed by atoms with Crippen molar-refractivity contribution in [1.29, 1.82) is 0 Å². The molecule has 0 radical (unpaired) electrons. The van der Waals surface area contributed by atoms with E-state index in [2.05, 4.69) is 10.3 Å². The molecule has 0 amide bonds. The van der Waals surface area contributed by atoms with Crippen molar-refractivity contribution in [3.63, 3.8) is 0 Å². The van der Waals surface area contributed by atoms with Crippen molar-refractivity contribution < 1.29 is 9.15 Å². The maximum absolute atomic E-state index is 5.36. The van der Waals surface area contributed by atoms with Gasteiger partial charge in [0.15, 0.2) is 0 Å². The number of ether oxygens (including phenoxy) is 1. The number of hydrogen-bond donors (Lipinski definition) is 1. The molecule has 0 atom stereocenters. The van der Waals surface area contributed by atoms with Gasteiger partial charge in [0.25, 0.3) is 0 Å². The Balaban J connectivity index is 2.21. The first-order valence-electron chi connectivity index (χ1n) is 4.55. The molecule has 15 heavy (non-hydrogen) atoms. The zero-order valence-corrected chi connectivity index (χ0v) is 9.43. The Bertz CT molecular complexity index is 436. The van der Waals surface area contributed by atoms with Crippen molar-refractivity contribution in [2.45, 2.75) is 6.54 Å². The zero-order valence-electron chi connectivity index (χ0n) is 8.61. The minimum Gasteiger partial charge on any atom is -0.496 e. The monoisotopic (exact) mass is 224 g/mol. The average Bonchev–Trinajstić information content (AvgIpc) is 2.85. The molecule has 0 aliphatic carbocycles. The molecule has 0 aromatic carbocycles. The number of methoxy groups -OCH3 is 1. The Morgan fingerprint density at radius 2 is 2.47 bits per heavy atom. The van der Waals surface area contributed by atoms with Gasteiger partial charge in [-0.2, -0.15) is 0 Å². The Hall–Kier alpha value is -1.33. The Morgan fingerprint density at radius 1 is 1.60 bits per heavy atom. The maximum atomic E-state index is 5.36. The molecule has 0 unspecified atom stereocenters. The van der Waals surface area contributed by atoms with Crippen LogP contribution in [0.15, 0.2) is 22.1 Å². The second-order valence-electron chi connectivity index (χ2n) is 3.03. The van der Waals surface area contributed by atoms with Crippen LogP contribution in [0.2, 0.25) is 0 Å². The van der Waals surface area contributed by atoms with E-state index in [0.717, 1.165) is 16.3 Å². The fourth-order valence-corrected chi connectivity index (χ4v) is 2.01. The smallest absolute Gasteiger partial charge is 0.236 e. The summed E-state index contributed by atoms with van der Waals surface area (Å²) < 4.78 is 10.5. The number of nitrogens with one attached hydrogen (secondary N) is 1. The van der Waals surface area contributed by atoms with E-state index < -0.39 is 0 Å². The van der Waals surface area contributed by atoms with Crippen LogP contribution in [0.4, 0.5) is 0 Å². The molecule has 0 saturated carbocycles. The molecule has 2 heterocycles. The van der Waals surface area contributed by atoms with Crippen LogP contribution in [-0.4, -0.2) is 19.1 Å². The van der Waals surface area contributed by atoms with Crippen LogP contribution in [-0.2, 0) is 6.54 Å². The highest BCUT2D eigenvalue weighted by molar-refractivity contribution is 7.13. The predicted octanol–water partition coefficient (Wildman–Crippen LogP) is 2.13. The molecule has 2 aromatic heterocycles. The van der Waals surface area contributed by atoms with Gasteiger partial charge in [-0.15, -0.1) is 11.3 Å². The van der Waals surface area contributed by atoms with E-state index in [9.17, 15) is 0 Å². The second-order valence-corrected chi connectivity index (χ2v) is 3.94. The van der Waals surface area contributed by atoms with E-state index in [1.807, 2.05) is 18.5 Å². The lowest BCUT2D eigenvalue weighted by Crippen LogP contribution is -2.04. The van der Waals surface area contributed by atoms with Gasteiger partial charge in [0.2, 0.25) is 5.89 Å². The van der Waals surface area contributed by atoms with E-state index in [0.29, 0.717) is 12.4 Å². The van der Waals surface area contributed by atoms with E-state index >= 15 is 0 Å². The highest BCUT2D eigenvalue weighted by Gasteiger charge is 2.09. The summed E-state index contributed by atoms with van der Waals surface area (Å²) in [7, 11) is 3.52. The quantitative estimate of drug-likeness (QED) is 0.864. The van der Waals surface area contributed by atoms with Crippen LogP contribution in [0.3, 0.4) is 0 Å². The van der Waals surface area contributed by atoms with Crippen molar-refractivity contribution in [3.8, 4) is 16.5 Å². The summed E-state index contributed by atoms with van der Waals surface area (Å²) in [5.41, 5.74) is 0.903. The van der Waals surface area contributed by atoms with Crippen molar-refractivity contribution in [2.75, 3.05) is 14.2 Å². The third-order valence-corrected chi connectivity index (χ3v) is 2.83. The van der Waals surface area contributed by atoms with Crippen LogP contribution in [0.25, 0.3) is 10.8 Å². The highest BCUT2D eigenvalue weighted by Crippen LogP contribution is 2.30. The van der Waals surface area contributed by atoms with Gasteiger partial charge >= 0.3 is 0 Å². The second kappa shape index (κ2) is 4.46. The first-order valence-corrected chi connectivity index (χ1v) is 5.43. The molecule has 2 aromatic rings. The van der Waals surface area contributed by atoms with Gasteiger partial charge in [-0.25, -0.2) is 4.98 Å². The molecule has 0 spiro atoms. The summed E-state index contributed by atoms with van der Waals surface area (Å²) in [4.78, 5) is 5.32. The first kappa shape index (κ1) is 10.2. The lowest BCUT2D eigenvalue weighted by Gasteiger charge is -1.90. The molecule has 80 valence electrons. The van der Waals surface area contributed by atoms with Crippen LogP contribution in [0.1, 0.15) is 5.69 Å². The van der Waals surface area contributed by atoms with Gasteiger partial charge in [-0.1, -0.05) is 0 Å². The SMILES string of the molecule is CNCc1coc(-c2cc(OC)cs2)n1. The molecule has 0 saturated heterocycles. The lowest BCUT2D eigenvalue weighted by molar-refractivity contribution is 0.416. The molecule has 2 rings (SSSR count). The molecular weight excluding hydrogens is 212 g/mol. The number of oxazole rings is 1. The van der Waals surface area contributed by atoms with Gasteiger partial charge < -0.3 is 14.5 Å². The molecule has 1 N–H and O–H groups in total. The van der Waals surface area contributed by atoms with Crippen LogP contribution in [0, 0.1) is 0 Å². The fraction of sp³-hybridized carbons (Fsp3) is 0.300. The Labute approximate surface area is 91.9 Å². The summed E-state index contributed by atoms with van der Waals surface area (Å²) >= 11 is 1.56. The third kappa shape index (κ3) is 2.19. The number of rotatable bonds is 4. The fourth-order valence-electron chi connectivity index (χ4n) is 1.22. The predicted molar refractivity (Wildman–Crippen MR) is 59.1 cm³/mol. The summed E-state index contributed by atoms with van der Waals surface area (Å²) in [6.45, 7) is 0.714. The molecule has 0 fully saturated rings. The van der Waals surface area contributed by atoms with Gasteiger partial charge in [0.05, 0.1) is 17.7 Å². The Kier molecular flexibility index (Phi) is 3.03. The topological polar surface area (TPSA) is 47.3 Å². The first-order chi connectivity index (χ1) is 7.33. The summed E-state index contributed by atoms with van der Waals surface area (Å²) in [5.74, 6) is 1.48. The number of hydrogen-bond acceptors (Lipinski definition) is 5. The lowest BCUT2D eigenvalue weighted by atomic mass is 10.4. The van der Waals surface area contributed by atoms with Gasteiger partial charge in [-0.05, 0) is 7.05 Å². The van der Waals surface area contributed by atoms with Gasteiger partial charge in [0.1, 0.15) is 12.0 Å². The van der Waals surface area contributed by atoms with Crippen molar-refractivity contribution >= 4 is 11.3 Å². The number of thiophene rings is 1. The standard InChI is InChI=1S/C10H12N2O2S/c1-11-4-7-5-14-10(12-7)9-3-8(13-2)6-15-9/h3,5-6,11H,4H2,1-2H3. The van der Waals surface area contributed by atoms with Gasteiger partial charge in [0, 0.05) is 18.0 Å². The summed E-state index contributed by atoms with van der Waals surface area (Å²) in [6.07, 6.45) is 1.66. The van der Waals surface area contributed by atoms with Crippen molar-refractivity contribution in [1.82, 2.24) is 10.3 Å². The summed E-state index contributed by atoms with van der Waals surface area (Å²) in [6, 6.07) is 1.92. The number of nitrogens with zero attached hydrogens (tertiary/aromatic N) is 1. The van der Waals surface area contributed by atoms with Crippen molar-refractivity contribution in [2.24, 2.45) is 0 Å².